The summed E-state index contributed by atoms with van der Waals surface area (Å²) in [6, 6.07) is 17.5. The Morgan fingerprint density at radius 2 is 2.03 bits per heavy atom. The fourth-order valence-electron chi connectivity index (χ4n) is 3.55. The number of benzene rings is 2. The van der Waals surface area contributed by atoms with Crippen molar-refractivity contribution in [3.63, 3.8) is 0 Å². The van der Waals surface area contributed by atoms with Gasteiger partial charge in [-0.25, -0.2) is 4.68 Å². The highest BCUT2D eigenvalue weighted by atomic mass is 16.5. The molecule has 0 unspecified atom stereocenters. The number of hydrogen-bond donors (Lipinski definition) is 0. The highest BCUT2D eigenvalue weighted by Crippen LogP contribution is 2.28. The molecule has 150 valence electrons. The number of rotatable bonds is 5. The van der Waals surface area contributed by atoms with E-state index in [2.05, 4.69) is 6.92 Å². The van der Waals surface area contributed by atoms with Crippen molar-refractivity contribution in [1.29, 1.82) is 0 Å². The molecule has 2 heterocycles. The molecule has 1 amide bonds. The number of para-hydroxylation sites is 1. The molecule has 1 fully saturated rings. The first-order valence-electron chi connectivity index (χ1n) is 9.90. The Balaban J connectivity index is 1.76. The zero-order chi connectivity index (χ0) is 20.2. The highest BCUT2D eigenvalue weighted by Gasteiger charge is 2.28. The van der Waals surface area contributed by atoms with Crippen LogP contribution in [0.25, 0.3) is 16.9 Å². The van der Waals surface area contributed by atoms with Crippen molar-refractivity contribution >= 4 is 5.91 Å². The number of morpholine rings is 1. The summed E-state index contributed by atoms with van der Waals surface area (Å²) >= 11 is 0. The summed E-state index contributed by atoms with van der Waals surface area (Å²) in [4.78, 5) is 15.3. The summed E-state index contributed by atoms with van der Waals surface area (Å²) in [5.74, 6) is 0.708. The van der Waals surface area contributed by atoms with Crippen LogP contribution >= 0.6 is 0 Å². The number of amides is 1. The second-order valence-electron chi connectivity index (χ2n) is 7.06. The molecule has 0 N–H and O–H groups in total. The van der Waals surface area contributed by atoms with Crippen LogP contribution in [0.3, 0.4) is 0 Å². The lowest BCUT2D eigenvalue weighted by atomic mass is 10.1. The summed E-state index contributed by atoms with van der Waals surface area (Å²) in [6.45, 7) is 3.83. The van der Waals surface area contributed by atoms with E-state index in [1.54, 1.807) is 11.8 Å². The summed E-state index contributed by atoms with van der Waals surface area (Å²) in [5, 5.41) is 4.76. The maximum Gasteiger partial charge on any atom is 0.257 e. The van der Waals surface area contributed by atoms with E-state index in [1.807, 2.05) is 65.7 Å². The van der Waals surface area contributed by atoms with Crippen molar-refractivity contribution in [2.24, 2.45) is 0 Å². The fraction of sp³-hybridized carbons (Fsp3) is 0.304. The number of methoxy groups -OCH3 is 1. The van der Waals surface area contributed by atoms with Gasteiger partial charge in [-0.2, -0.15) is 5.10 Å². The summed E-state index contributed by atoms with van der Waals surface area (Å²) in [6.07, 6.45) is 2.79. The molecular weight excluding hydrogens is 366 g/mol. The van der Waals surface area contributed by atoms with Crippen LogP contribution in [0.15, 0.2) is 60.8 Å². The second kappa shape index (κ2) is 8.49. The van der Waals surface area contributed by atoms with E-state index in [9.17, 15) is 4.79 Å². The van der Waals surface area contributed by atoms with Gasteiger partial charge in [0.05, 0.1) is 31.1 Å². The van der Waals surface area contributed by atoms with E-state index < -0.39 is 0 Å². The third-order valence-corrected chi connectivity index (χ3v) is 5.19. The summed E-state index contributed by atoms with van der Waals surface area (Å²) in [7, 11) is 1.63. The molecule has 0 radical (unpaired) electrons. The van der Waals surface area contributed by atoms with Crippen LogP contribution in [-0.2, 0) is 4.74 Å². The predicted molar refractivity (Wildman–Crippen MR) is 111 cm³/mol. The Bertz CT molecular complexity index is 984. The van der Waals surface area contributed by atoms with Gasteiger partial charge in [0.15, 0.2) is 0 Å². The topological polar surface area (TPSA) is 56.6 Å². The van der Waals surface area contributed by atoms with Crippen LogP contribution in [0, 0.1) is 0 Å². The molecule has 29 heavy (non-hydrogen) atoms. The van der Waals surface area contributed by atoms with Crippen molar-refractivity contribution in [1.82, 2.24) is 14.7 Å². The van der Waals surface area contributed by atoms with Crippen molar-refractivity contribution < 1.29 is 14.3 Å². The van der Waals surface area contributed by atoms with Crippen molar-refractivity contribution in [2.45, 2.75) is 19.4 Å². The first-order chi connectivity index (χ1) is 14.2. The zero-order valence-electron chi connectivity index (χ0n) is 16.7. The predicted octanol–water partition coefficient (Wildman–Crippen LogP) is 3.80. The van der Waals surface area contributed by atoms with Crippen LogP contribution in [0.1, 0.15) is 23.7 Å². The lowest BCUT2D eigenvalue weighted by molar-refractivity contribution is -0.0226. The molecule has 2 aromatic carbocycles. The summed E-state index contributed by atoms with van der Waals surface area (Å²) < 4.78 is 12.9. The van der Waals surface area contributed by atoms with Crippen molar-refractivity contribution in [2.75, 3.05) is 26.8 Å². The van der Waals surface area contributed by atoms with E-state index >= 15 is 0 Å². The van der Waals surface area contributed by atoms with Crippen molar-refractivity contribution in [3.8, 4) is 22.7 Å². The normalized spacial score (nSPS) is 16.6. The second-order valence-corrected chi connectivity index (χ2v) is 7.06. The quantitative estimate of drug-likeness (QED) is 0.664. The first kappa shape index (κ1) is 19.2. The van der Waals surface area contributed by atoms with Gasteiger partial charge in [-0.15, -0.1) is 0 Å². The largest absolute Gasteiger partial charge is 0.497 e. The maximum absolute atomic E-state index is 13.4. The van der Waals surface area contributed by atoms with Gasteiger partial charge < -0.3 is 14.4 Å². The highest BCUT2D eigenvalue weighted by molar-refractivity contribution is 6.00. The molecule has 0 aliphatic carbocycles. The van der Waals surface area contributed by atoms with Gasteiger partial charge in [0.2, 0.25) is 0 Å². The molecule has 1 aliphatic rings. The molecule has 0 spiro atoms. The van der Waals surface area contributed by atoms with Crippen LogP contribution in [-0.4, -0.2) is 53.5 Å². The Kier molecular flexibility index (Phi) is 5.62. The minimum absolute atomic E-state index is 0.0215. The van der Waals surface area contributed by atoms with E-state index in [0.29, 0.717) is 31.0 Å². The van der Waals surface area contributed by atoms with Gasteiger partial charge in [-0.05, 0) is 30.7 Å². The Morgan fingerprint density at radius 3 is 2.79 bits per heavy atom. The van der Waals surface area contributed by atoms with Crippen LogP contribution in [0.5, 0.6) is 5.75 Å². The van der Waals surface area contributed by atoms with Gasteiger partial charge in [-0.3, -0.25) is 4.79 Å². The molecule has 0 bridgehead atoms. The molecule has 4 rings (SSSR count). The number of nitrogens with zero attached hydrogens (tertiary/aromatic N) is 3. The van der Waals surface area contributed by atoms with Crippen LogP contribution < -0.4 is 4.74 Å². The molecule has 0 saturated carbocycles. The first-order valence-corrected chi connectivity index (χ1v) is 9.90. The van der Waals surface area contributed by atoms with Gasteiger partial charge in [0.1, 0.15) is 11.4 Å². The molecular formula is C23H25N3O3. The molecule has 6 heteroatoms. The van der Waals surface area contributed by atoms with Gasteiger partial charge >= 0.3 is 0 Å². The zero-order valence-corrected chi connectivity index (χ0v) is 16.7. The fourth-order valence-corrected chi connectivity index (χ4v) is 3.55. The van der Waals surface area contributed by atoms with Gasteiger partial charge in [0.25, 0.3) is 5.91 Å². The minimum Gasteiger partial charge on any atom is -0.497 e. The van der Waals surface area contributed by atoms with Crippen molar-refractivity contribution in [3.05, 3.63) is 66.4 Å². The SMILES string of the molecule is CC[C@H]1CN(C(=O)c2cn(-c3ccccc3)nc2-c2cccc(OC)c2)CCO1. The lowest BCUT2D eigenvalue weighted by Gasteiger charge is -2.32. The number of aromatic nitrogens is 2. The molecule has 6 nitrogen and oxygen atoms in total. The standard InChI is InChI=1S/C23H25N3O3/c1-3-19-15-25(12-13-29-19)23(27)21-16-26(18-9-5-4-6-10-18)24-22(21)17-8-7-11-20(14-17)28-2/h4-11,14,16,19H,3,12-13,15H2,1-2H3/t19-/m0/s1. The van der Waals surface area contributed by atoms with Crippen LogP contribution in [0.2, 0.25) is 0 Å². The maximum atomic E-state index is 13.4. The molecule has 1 aromatic heterocycles. The van der Waals surface area contributed by atoms with Gasteiger partial charge in [0, 0.05) is 24.8 Å². The smallest absolute Gasteiger partial charge is 0.257 e. The molecule has 3 aromatic rings. The van der Waals surface area contributed by atoms with Crippen LogP contribution in [0.4, 0.5) is 0 Å². The average molecular weight is 391 g/mol. The number of hydrogen-bond acceptors (Lipinski definition) is 4. The Labute approximate surface area is 170 Å². The van der Waals surface area contributed by atoms with E-state index in [4.69, 9.17) is 14.6 Å². The summed E-state index contributed by atoms with van der Waals surface area (Å²) in [5.41, 5.74) is 2.99. The lowest BCUT2D eigenvalue weighted by Crippen LogP contribution is -2.45. The minimum atomic E-state index is -0.0215. The number of carbonyl (C=O) groups is 1. The third kappa shape index (κ3) is 4.03. The van der Waals surface area contributed by atoms with E-state index in [0.717, 1.165) is 23.4 Å². The molecule has 1 aliphatic heterocycles. The third-order valence-electron chi connectivity index (χ3n) is 5.19. The monoisotopic (exact) mass is 391 g/mol. The Morgan fingerprint density at radius 1 is 1.21 bits per heavy atom. The molecule has 1 atom stereocenters. The number of carbonyl (C=O) groups excluding carboxylic acids is 1. The van der Waals surface area contributed by atoms with Gasteiger partial charge in [-0.1, -0.05) is 37.3 Å². The van der Waals surface area contributed by atoms with E-state index in [-0.39, 0.29) is 12.0 Å². The average Bonchev–Trinajstić information content (AvgIpc) is 3.25. The Hall–Kier alpha value is -3.12. The molecule has 1 saturated heterocycles. The van der Waals surface area contributed by atoms with E-state index in [1.165, 1.54) is 0 Å². The number of ether oxygens (including phenoxy) is 2.